The Morgan fingerprint density at radius 3 is 1.19 bits per heavy atom. The number of aromatic nitrogens is 2. The molecule has 6 aromatic rings. The van der Waals surface area contributed by atoms with E-state index in [-0.39, 0.29) is 62.1 Å². The number of benzene rings is 4. The fourth-order valence-electron chi connectivity index (χ4n) is 14.4. The molecule has 0 aliphatic rings. The minimum Gasteiger partial charge on any atom is -0.508 e. The Hall–Kier alpha value is -15.4. The molecule has 758 valence electrons. The number of hydrogen-bond acceptors (Lipinski definition) is 26. The average molecular weight is 1990 g/mol. The number of guanidine groups is 1. The van der Waals surface area contributed by atoms with Crippen LogP contribution >= 0.6 is 25.3 Å². The lowest BCUT2D eigenvalue weighted by atomic mass is 9.99. The molecule has 4 aromatic carbocycles. The van der Waals surface area contributed by atoms with Crippen LogP contribution in [0.3, 0.4) is 0 Å². The van der Waals surface area contributed by atoms with Gasteiger partial charge in [0.05, 0.1) is 25.5 Å². The van der Waals surface area contributed by atoms with Gasteiger partial charge in [0.2, 0.25) is 118 Å². The Balaban J connectivity index is 1.27. The van der Waals surface area contributed by atoms with Crippen molar-refractivity contribution in [1.29, 1.82) is 5.41 Å². The maximum atomic E-state index is 15.4. The van der Waals surface area contributed by atoms with E-state index in [1.54, 1.807) is 98.9 Å². The van der Waals surface area contributed by atoms with E-state index in [0.717, 1.165) is 13.8 Å². The van der Waals surface area contributed by atoms with Crippen molar-refractivity contribution in [3.05, 3.63) is 138 Å². The predicted octanol–water partition coefficient (Wildman–Crippen LogP) is -7.27. The molecule has 0 aliphatic carbocycles. The number of aliphatic carboxylic acids is 1. The number of aromatic hydroxyl groups is 1. The van der Waals surface area contributed by atoms with Crippen molar-refractivity contribution in [1.82, 2.24) is 95.0 Å². The Morgan fingerprint density at radius 2 is 0.743 bits per heavy atom. The van der Waals surface area contributed by atoms with Crippen LogP contribution in [0.1, 0.15) is 121 Å². The first-order chi connectivity index (χ1) is 66.2. The number of primary amides is 5. The van der Waals surface area contributed by atoms with Crippen LogP contribution in [0, 0.1) is 11.3 Å². The van der Waals surface area contributed by atoms with Crippen LogP contribution in [-0.2, 0) is 126 Å². The maximum absolute atomic E-state index is 15.4. The van der Waals surface area contributed by atoms with Crippen LogP contribution < -0.4 is 119 Å². The number of amides is 20. The number of rotatable bonds is 60. The number of phenols is 1. The van der Waals surface area contributed by atoms with Gasteiger partial charge in [-0.3, -0.25) is 106 Å². The number of fused-ring (bicyclic) bond motifs is 2. The number of aromatic amines is 2. The van der Waals surface area contributed by atoms with Gasteiger partial charge >= 0.3 is 5.97 Å². The molecule has 51 heteroatoms. The summed E-state index contributed by atoms with van der Waals surface area (Å²) in [7, 11) is 0. The third-order valence-corrected chi connectivity index (χ3v) is 22.3. The number of carbonyl (C=O) groups is 21. The summed E-state index contributed by atoms with van der Waals surface area (Å²) in [4.78, 5) is 294. The van der Waals surface area contributed by atoms with Crippen molar-refractivity contribution in [2.24, 2.45) is 40.3 Å². The molecule has 0 fully saturated rings. The van der Waals surface area contributed by atoms with Crippen LogP contribution in [0.2, 0.25) is 0 Å². The Labute approximate surface area is 812 Å². The molecule has 2 heterocycles. The van der Waals surface area contributed by atoms with E-state index in [0.29, 0.717) is 38.5 Å². The third kappa shape index (κ3) is 38.3. The predicted molar refractivity (Wildman–Crippen MR) is 510 cm³/mol. The van der Waals surface area contributed by atoms with Gasteiger partial charge in [0, 0.05) is 104 Å². The van der Waals surface area contributed by atoms with Crippen LogP contribution in [0.4, 0.5) is 0 Å². The van der Waals surface area contributed by atoms with Gasteiger partial charge in [-0.05, 0) is 97.9 Å². The first-order valence-electron chi connectivity index (χ1n) is 44.3. The number of thiol groups is 2. The van der Waals surface area contributed by atoms with Crippen LogP contribution in [0.25, 0.3) is 21.8 Å². The SMILES string of the molecule is CC(=O)N[C@@H](CS)C(=O)N[C@@H](CCCNC(=N)N)C(=O)N[C@H](C(=O)N[C@@H](Cc1c[nH]c2ccccc12)C(=O)N[C@@H](CCC(N)=O)C(=O)N[C@@H](CS)C(=O)N[C@@H](Cc1ccc(O)cc1)C(=O)N[C@@H](Cc1c[nH]c2ccccc12)C(=O)N[C@@H](CC(C)C)C(=O)N[C@@H](CC(N)=O)C(=O)N[C@@H](Cc1ccccc1)C(=O)NCC(=O)N[C@@H](CC(N)=O)C(=O)N[C@@H](CCC(=O)O)C(=O)N[C@@H](CCC(N)=O)C(N)=O)[C@@H](C)O. The first kappa shape index (κ1) is 113. The van der Waals surface area contributed by atoms with Crippen LogP contribution in [0.15, 0.2) is 116 Å². The Bertz CT molecular complexity index is 5450. The van der Waals surface area contributed by atoms with Gasteiger partial charge in [-0.15, -0.1) is 0 Å². The number of nitrogens with two attached hydrogens (primary N) is 6. The second-order valence-electron chi connectivity index (χ2n) is 33.3. The lowest BCUT2D eigenvalue weighted by Gasteiger charge is -2.29. The third-order valence-electron chi connectivity index (χ3n) is 21.6. The van der Waals surface area contributed by atoms with Crippen LogP contribution in [0.5, 0.6) is 5.75 Å². The number of carbonyl (C=O) groups excluding carboxylic acids is 20. The largest absolute Gasteiger partial charge is 0.508 e. The highest BCUT2D eigenvalue weighted by atomic mass is 32.1. The molecular weight excluding hydrogens is 1870 g/mol. The molecular formula is C89H121N25O24S2. The smallest absolute Gasteiger partial charge is 0.303 e. The lowest BCUT2D eigenvalue weighted by Crippen LogP contribution is -2.62. The van der Waals surface area contributed by atoms with Gasteiger partial charge in [0.25, 0.3) is 0 Å². The fourth-order valence-corrected chi connectivity index (χ4v) is 14.9. The highest BCUT2D eigenvalue weighted by Crippen LogP contribution is 2.23. The number of aliphatic hydroxyl groups excluding tert-OH is 1. The van der Waals surface area contributed by atoms with E-state index >= 15 is 14.4 Å². The topological polar surface area (TPSA) is 823 Å². The van der Waals surface area contributed by atoms with E-state index in [2.05, 4.69) is 120 Å². The second kappa shape index (κ2) is 56.3. The van der Waals surface area contributed by atoms with Crippen molar-refractivity contribution < 1.29 is 116 Å². The average Bonchev–Trinajstić information content (AvgIpc) is 1.68. The molecule has 34 N–H and O–H groups in total. The van der Waals surface area contributed by atoms with Crippen molar-refractivity contribution >= 4 is 177 Å². The summed E-state index contributed by atoms with van der Waals surface area (Å²) in [5, 5.41) is 78.7. The number of hydrogen-bond donors (Lipinski definition) is 30. The van der Waals surface area contributed by atoms with Crippen molar-refractivity contribution in [3.8, 4) is 5.75 Å². The molecule has 0 saturated carbocycles. The Morgan fingerprint density at radius 1 is 0.379 bits per heavy atom. The van der Waals surface area contributed by atoms with Gasteiger partial charge < -0.3 is 145 Å². The molecule has 20 amide bonds. The molecule has 140 heavy (non-hydrogen) atoms. The molecule has 0 spiro atoms. The van der Waals surface area contributed by atoms with E-state index < -0.39 is 297 Å². The highest BCUT2D eigenvalue weighted by Gasteiger charge is 2.40. The molecule has 6 rings (SSSR count). The number of nitrogens with one attached hydrogen (secondary N) is 19. The zero-order valence-corrected chi connectivity index (χ0v) is 78.7. The fraction of sp³-hybridized carbons (Fsp3) is 0.438. The number of carboxylic acid groups (broad SMARTS) is 1. The Kier molecular flexibility index (Phi) is 45.6. The molecule has 15 atom stereocenters. The first-order valence-corrected chi connectivity index (χ1v) is 45.5. The molecule has 0 saturated heterocycles. The summed E-state index contributed by atoms with van der Waals surface area (Å²) >= 11 is 8.53. The van der Waals surface area contributed by atoms with E-state index in [1.165, 1.54) is 30.5 Å². The summed E-state index contributed by atoms with van der Waals surface area (Å²) in [5.41, 5.74) is 35.4. The van der Waals surface area contributed by atoms with Gasteiger partial charge in [0.15, 0.2) is 5.96 Å². The maximum Gasteiger partial charge on any atom is 0.303 e. The summed E-state index contributed by atoms with van der Waals surface area (Å²) in [5.74, 6) is -25.1. The van der Waals surface area contributed by atoms with Gasteiger partial charge in [-0.2, -0.15) is 25.3 Å². The second-order valence-corrected chi connectivity index (χ2v) is 34.1. The molecule has 2 aromatic heterocycles. The number of para-hydroxylation sites is 2. The van der Waals surface area contributed by atoms with Gasteiger partial charge in [0.1, 0.15) is 90.3 Å². The number of carboxylic acids is 1. The van der Waals surface area contributed by atoms with Crippen molar-refractivity contribution in [3.63, 3.8) is 0 Å². The molecule has 0 bridgehead atoms. The number of phenolic OH excluding ortho intramolecular Hbond substituents is 1. The lowest BCUT2D eigenvalue weighted by molar-refractivity contribution is -0.138. The van der Waals surface area contributed by atoms with Crippen molar-refractivity contribution in [2.45, 2.75) is 215 Å². The van der Waals surface area contributed by atoms with Gasteiger partial charge in [-0.1, -0.05) is 92.7 Å². The molecule has 0 unspecified atom stereocenters. The van der Waals surface area contributed by atoms with E-state index in [4.69, 9.17) is 39.8 Å². The highest BCUT2D eigenvalue weighted by molar-refractivity contribution is 7.80. The summed E-state index contributed by atoms with van der Waals surface area (Å²) in [6, 6.07) is 2.85. The zero-order valence-electron chi connectivity index (χ0n) is 76.9. The van der Waals surface area contributed by atoms with E-state index in [9.17, 15) is 102 Å². The summed E-state index contributed by atoms with van der Waals surface area (Å²) in [6.07, 6.45) is -5.82. The minimum absolute atomic E-state index is 0.0329. The quantitative estimate of drug-likeness (QED) is 0.00730. The number of H-pyrrole nitrogens is 2. The summed E-state index contributed by atoms with van der Waals surface area (Å²) in [6.45, 7) is 4.59. The van der Waals surface area contributed by atoms with E-state index in [1.807, 2.05) is 0 Å². The summed E-state index contributed by atoms with van der Waals surface area (Å²) < 4.78 is 0. The molecule has 0 aliphatic heterocycles. The number of aliphatic hydroxyl groups is 1. The standard InChI is InChI=1S/C89H121N25O24S2/c1-43(2)31-59(80(130)111-65(37-71(93)121)85(135)108-60(32-46-13-6-5-7-14-46)76(126)100-40-72(122)102-64(36-70(92)120)84(134)106-58(26-29-73(123)124)77(127)103-55(75(94)125)24-27-68(90)118)107-83(133)62(34-48-38-98-53-17-10-8-15-51(48)53)110-81(131)61(33-47-20-22-50(117)23-21-47)109-87(137)67(42-140)113-78(128)57(25-28-69(91)119)105-82(132)63(35-49-39-99-54-18-11-9-16-52(49)54)112-88(138)74(44(3)115)114-79(129)56(19-12-30-97-89(95)96)104-86(136)66(41-139)101-45(4)116/h5-11,13-18,20-23,38-39,43-44,55-67,74,98-99,115,117,139-140H,12,19,24-37,40-42H2,1-4H3,(H2,90,118)(H2,91,119)(H2,92,120)(H2,93,121)(H2,94,125)(H,100,126)(H,101,116)(H,102,122)(H,103,127)(H,104,136)(H,105,132)(H,106,134)(H,107,133)(H,108,135)(H,109,137)(H,110,131)(H,111,130)(H,112,138)(H,113,128)(H,114,129)(H,123,124)(H4,95,96,97)/t44-,55+,56+,57+,58+,59+,60+,61+,62+,63+,64+,65+,66+,67+,74+/m1/s1. The van der Waals surface area contributed by atoms with Crippen molar-refractivity contribution in [2.75, 3.05) is 24.6 Å². The normalized spacial score (nSPS) is 14.3. The van der Waals surface area contributed by atoms with Crippen LogP contribution in [-0.4, -0.2) is 271 Å². The molecule has 49 nitrogen and oxygen atoms in total. The van der Waals surface area contributed by atoms with Gasteiger partial charge in [-0.25, -0.2) is 0 Å². The zero-order chi connectivity index (χ0) is 104. The monoisotopic (exact) mass is 1990 g/mol. The minimum atomic E-state index is -1.96. The molecule has 0 radical (unpaired) electrons.